The maximum atomic E-state index is 14.1. The number of hydrogen-bond acceptors (Lipinski definition) is 8. The third kappa shape index (κ3) is 5.83. The first kappa shape index (κ1) is 30.6. The highest BCUT2D eigenvalue weighted by molar-refractivity contribution is 7.88. The molecule has 6 atom stereocenters. The van der Waals surface area contributed by atoms with Crippen molar-refractivity contribution in [1.29, 1.82) is 0 Å². The van der Waals surface area contributed by atoms with Crippen LogP contribution >= 0.6 is 11.3 Å². The summed E-state index contributed by atoms with van der Waals surface area (Å²) in [5, 5.41) is 5.96. The molecule has 1 saturated carbocycles. The lowest BCUT2D eigenvalue weighted by molar-refractivity contribution is -0.143. The van der Waals surface area contributed by atoms with E-state index >= 15 is 0 Å². The number of ketones is 1. The van der Waals surface area contributed by atoms with Gasteiger partial charge >= 0.3 is 0 Å². The number of hydrogen-bond donors (Lipinski definition) is 3. The van der Waals surface area contributed by atoms with E-state index in [1.807, 2.05) is 38.1 Å². The second-order valence-corrected chi connectivity index (χ2v) is 16.3. The van der Waals surface area contributed by atoms with E-state index in [1.54, 1.807) is 20.8 Å². The largest absolute Gasteiger partial charge is 0.356 e. The Hall–Kier alpha value is -2.90. The van der Waals surface area contributed by atoms with Gasteiger partial charge in [0.25, 0.3) is 0 Å². The first-order valence-electron chi connectivity index (χ1n) is 14.2. The van der Waals surface area contributed by atoms with E-state index in [-0.39, 0.29) is 40.4 Å². The molecule has 13 heteroatoms. The summed E-state index contributed by atoms with van der Waals surface area (Å²) in [7, 11) is -3.72. The number of nitrogens with one attached hydrogen (secondary N) is 3. The zero-order valence-corrected chi connectivity index (χ0v) is 26.4. The maximum absolute atomic E-state index is 14.1. The number of aromatic nitrogens is 1. The number of piperidine rings is 1. The minimum atomic E-state index is -3.72. The van der Waals surface area contributed by atoms with Crippen LogP contribution in [0.25, 0.3) is 10.2 Å². The van der Waals surface area contributed by atoms with Crippen LogP contribution in [0.15, 0.2) is 24.3 Å². The Bertz CT molecular complexity index is 1510. The molecule has 0 bridgehead atoms. The molecule has 3 fully saturated rings. The molecule has 228 valence electrons. The van der Waals surface area contributed by atoms with E-state index in [2.05, 4.69) is 20.3 Å². The molecular formula is C29H39N5O6S2. The normalized spacial score (nSPS) is 26.4. The van der Waals surface area contributed by atoms with Crippen molar-refractivity contribution in [1.82, 2.24) is 25.2 Å². The van der Waals surface area contributed by atoms with Crippen molar-refractivity contribution >= 4 is 55.1 Å². The van der Waals surface area contributed by atoms with Crippen molar-refractivity contribution in [3.05, 3.63) is 29.3 Å². The van der Waals surface area contributed by atoms with Crippen LogP contribution in [0.3, 0.4) is 0 Å². The number of carbonyl (C=O) groups excluding carboxylic acids is 4. The standard InChI is InChI=1S/C29H39N5O6S2/c1-28(2,3)23(33-42(6,39)40)27(38)34-14-16-20(29(16,4)5)21(34)25(37)31-18(13-15-11-12-30-24(15)36)22(35)26-32-17-9-7-8-10-19(17)41-26/h7-10,15-16,18,20-21,23,33H,11-14H2,1-6H3,(H,30,36)(H,31,37)/t15-,16-,18-,20-,21-,23+/m0/s1. The van der Waals surface area contributed by atoms with Crippen LogP contribution in [0.5, 0.6) is 0 Å². The zero-order chi connectivity index (χ0) is 30.8. The molecule has 3 aliphatic rings. The lowest BCUT2D eigenvalue weighted by Crippen LogP contribution is -2.60. The second kappa shape index (κ2) is 10.7. The van der Waals surface area contributed by atoms with Crippen molar-refractivity contribution in [3.8, 4) is 0 Å². The molecule has 2 saturated heterocycles. The summed E-state index contributed by atoms with van der Waals surface area (Å²) in [5.74, 6) is -2.01. The van der Waals surface area contributed by atoms with Gasteiger partial charge in [0.15, 0.2) is 5.01 Å². The van der Waals surface area contributed by atoms with Crippen molar-refractivity contribution < 1.29 is 27.6 Å². The Morgan fingerprint density at radius 1 is 1.21 bits per heavy atom. The maximum Gasteiger partial charge on any atom is 0.243 e. The Morgan fingerprint density at radius 3 is 2.50 bits per heavy atom. The minimum absolute atomic E-state index is 0.0649. The van der Waals surface area contributed by atoms with Gasteiger partial charge in [0.2, 0.25) is 33.5 Å². The molecule has 0 radical (unpaired) electrons. The van der Waals surface area contributed by atoms with Crippen LogP contribution in [0.1, 0.15) is 57.3 Å². The smallest absolute Gasteiger partial charge is 0.243 e. The van der Waals surface area contributed by atoms with Gasteiger partial charge < -0.3 is 15.5 Å². The number of rotatable bonds is 9. The van der Waals surface area contributed by atoms with Crippen LogP contribution < -0.4 is 15.4 Å². The molecule has 5 rings (SSSR count). The van der Waals surface area contributed by atoms with Crippen molar-refractivity contribution in [2.75, 3.05) is 19.3 Å². The van der Waals surface area contributed by atoms with Gasteiger partial charge in [0.1, 0.15) is 12.1 Å². The van der Waals surface area contributed by atoms with Gasteiger partial charge in [-0.15, -0.1) is 11.3 Å². The molecule has 42 heavy (non-hydrogen) atoms. The number of likely N-dealkylation sites (tertiary alicyclic amines) is 1. The average Bonchev–Trinajstić information content (AvgIpc) is 3.40. The summed E-state index contributed by atoms with van der Waals surface area (Å²) in [6.45, 7) is 10.2. The molecule has 1 aromatic carbocycles. The van der Waals surface area contributed by atoms with E-state index in [0.29, 0.717) is 25.0 Å². The van der Waals surface area contributed by atoms with Crippen LogP contribution in [0, 0.1) is 28.6 Å². The van der Waals surface area contributed by atoms with Gasteiger partial charge in [0, 0.05) is 19.0 Å². The SMILES string of the molecule is CC(C)(C)[C@H](NS(C)(=O)=O)C(=O)N1C[C@H]2[C@@H]([C@H]1C(=O)N[C@@H](C[C@@H]1CCNC1=O)C(=O)c1nc3ccccc3s1)C2(C)C. The summed E-state index contributed by atoms with van der Waals surface area (Å²) in [6.07, 6.45) is 1.67. The number of para-hydroxylation sites is 1. The number of carbonyl (C=O) groups is 4. The molecule has 0 unspecified atom stereocenters. The van der Waals surface area contributed by atoms with Crippen molar-refractivity contribution in [2.45, 2.75) is 65.6 Å². The predicted molar refractivity (Wildman–Crippen MR) is 159 cm³/mol. The Labute approximate surface area is 250 Å². The Morgan fingerprint density at radius 2 is 1.90 bits per heavy atom. The monoisotopic (exact) mass is 617 g/mol. The number of benzene rings is 1. The fraction of sp³-hybridized carbons (Fsp3) is 0.621. The van der Waals surface area contributed by atoms with Crippen molar-refractivity contribution in [3.63, 3.8) is 0 Å². The minimum Gasteiger partial charge on any atom is -0.356 e. The third-order valence-electron chi connectivity index (χ3n) is 9.03. The molecule has 3 amide bonds. The summed E-state index contributed by atoms with van der Waals surface area (Å²) >= 11 is 1.24. The van der Waals surface area contributed by atoms with Crippen LogP contribution in [-0.4, -0.2) is 79.3 Å². The quantitative estimate of drug-likeness (QED) is 0.363. The lowest BCUT2D eigenvalue weighted by atomic mass is 9.86. The predicted octanol–water partition coefficient (Wildman–Crippen LogP) is 1.94. The van der Waals surface area contributed by atoms with Crippen molar-refractivity contribution in [2.24, 2.45) is 28.6 Å². The number of Topliss-reactive ketones (excluding diaryl/α,β-unsaturated/α-hetero) is 1. The molecule has 1 aromatic heterocycles. The molecule has 3 heterocycles. The van der Waals surface area contributed by atoms with Crippen LogP contribution in [0.2, 0.25) is 0 Å². The third-order valence-corrected chi connectivity index (χ3v) is 10.7. The first-order valence-corrected chi connectivity index (χ1v) is 17.0. The molecule has 11 nitrogen and oxygen atoms in total. The molecule has 0 spiro atoms. The van der Waals surface area contributed by atoms with E-state index in [1.165, 1.54) is 16.2 Å². The van der Waals surface area contributed by atoms with Gasteiger partial charge in [0.05, 0.1) is 22.5 Å². The number of thiazole rings is 1. The second-order valence-electron chi connectivity index (χ2n) is 13.5. The van der Waals surface area contributed by atoms with Gasteiger partial charge in [-0.3, -0.25) is 19.2 Å². The Kier molecular flexibility index (Phi) is 7.76. The molecule has 3 N–H and O–H groups in total. The van der Waals surface area contributed by atoms with E-state index in [9.17, 15) is 27.6 Å². The van der Waals surface area contributed by atoms with Gasteiger partial charge in [-0.05, 0) is 47.6 Å². The van der Waals surface area contributed by atoms with Gasteiger partial charge in [-0.2, -0.15) is 0 Å². The molecular weight excluding hydrogens is 578 g/mol. The summed E-state index contributed by atoms with van der Waals surface area (Å²) < 4.78 is 27.7. The van der Waals surface area contributed by atoms with E-state index in [4.69, 9.17) is 0 Å². The van der Waals surface area contributed by atoms with Gasteiger partial charge in [-0.1, -0.05) is 46.8 Å². The Balaban J connectivity index is 1.44. The number of amides is 3. The van der Waals surface area contributed by atoms with E-state index in [0.717, 1.165) is 11.0 Å². The summed E-state index contributed by atoms with van der Waals surface area (Å²) in [5.41, 5.74) is -0.278. The number of sulfonamides is 1. The highest BCUT2D eigenvalue weighted by Gasteiger charge is 2.70. The average molecular weight is 618 g/mol. The number of nitrogens with zero attached hydrogens (tertiary/aromatic N) is 2. The molecule has 1 aliphatic carbocycles. The summed E-state index contributed by atoms with van der Waals surface area (Å²) in [4.78, 5) is 60.3. The van der Waals surface area contributed by atoms with Crippen LogP contribution in [-0.2, 0) is 24.4 Å². The molecule has 2 aromatic rings. The highest BCUT2D eigenvalue weighted by atomic mass is 32.2. The lowest BCUT2D eigenvalue weighted by Gasteiger charge is -2.37. The van der Waals surface area contributed by atoms with Crippen LogP contribution in [0.4, 0.5) is 0 Å². The van der Waals surface area contributed by atoms with Gasteiger partial charge in [-0.25, -0.2) is 18.1 Å². The summed E-state index contributed by atoms with van der Waals surface area (Å²) in [6, 6.07) is 4.40. The zero-order valence-electron chi connectivity index (χ0n) is 24.8. The topological polar surface area (TPSA) is 155 Å². The first-order chi connectivity index (χ1) is 19.5. The number of fused-ring (bicyclic) bond motifs is 2. The highest BCUT2D eigenvalue weighted by Crippen LogP contribution is 2.65. The molecule has 2 aliphatic heterocycles. The fourth-order valence-electron chi connectivity index (χ4n) is 6.56. The fourth-order valence-corrected chi connectivity index (χ4v) is 8.40. The van der Waals surface area contributed by atoms with E-state index < -0.39 is 51.3 Å².